The van der Waals surface area contributed by atoms with E-state index in [9.17, 15) is 9.59 Å². The van der Waals surface area contributed by atoms with Gasteiger partial charge in [0.25, 0.3) is 5.91 Å². The van der Waals surface area contributed by atoms with Crippen LogP contribution in [-0.4, -0.2) is 44.1 Å². The molecule has 0 atom stereocenters. The first kappa shape index (κ1) is 17.8. The van der Waals surface area contributed by atoms with Crippen molar-refractivity contribution < 1.29 is 19.1 Å². The van der Waals surface area contributed by atoms with Crippen LogP contribution in [0.25, 0.3) is 0 Å². The maximum absolute atomic E-state index is 13.3. The number of methoxy groups -OCH3 is 2. The third-order valence-corrected chi connectivity index (χ3v) is 4.45. The van der Waals surface area contributed by atoms with Crippen molar-refractivity contribution in [2.75, 3.05) is 32.3 Å². The summed E-state index contributed by atoms with van der Waals surface area (Å²) in [6, 6.07) is 14.3. The molecule has 26 heavy (non-hydrogen) atoms. The van der Waals surface area contributed by atoms with Crippen molar-refractivity contribution in [2.45, 2.75) is 12.8 Å². The first-order valence-electron chi connectivity index (χ1n) is 8.50. The minimum Gasteiger partial charge on any atom is -0.497 e. The molecule has 0 bridgehead atoms. The zero-order chi connectivity index (χ0) is 18.5. The van der Waals surface area contributed by atoms with Crippen LogP contribution in [0.4, 0.5) is 5.69 Å². The molecule has 1 aliphatic rings. The number of carbonyl (C=O) groups excluding carboxylic acids is 2. The number of para-hydroxylation sites is 1. The summed E-state index contributed by atoms with van der Waals surface area (Å²) >= 11 is 0. The summed E-state index contributed by atoms with van der Waals surface area (Å²) in [5, 5.41) is 0. The Morgan fingerprint density at radius 2 is 1.81 bits per heavy atom. The van der Waals surface area contributed by atoms with E-state index in [1.54, 1.807) is 47.2 Å². The zero-order valence-electron chi connectivity index (χ0n) is 15.0. The largest absolute Gasteiger partial charge is 0.497 e. The molecule has 2 aromatic carbocycles. The molecule has 1 heterocycles. The molecule has 0 N–H and O–H groups in total. The lowest BCUT2D eigenvalue weighted by molar-refractivity contribution is -0.127. The van der Waals surface area contributed by atoms with Crippen molar-refractivity contribution in [3.05, 3.63) is 54.1 Å². The van der Waals surface area contributed by atoms with E-state index in [1.165, 1.54) is 7.11 Å². The van der Waals surface area contributed by atoms with E-state index in [-0.39, 0.29) is 18.5 Å². The van der Waals surface area contributed by atoms with Gasteiger partial charge in [-0.15, -0.1) is 0 Å². The van der Waals surface area contributed by atoms with Gasteiger partial charge in [0.15, 0.2) is 0 Å². The molecule has 1 aliphatic heterocycles. The van der Waals surface area contributed by atoms with Crippen molar-refractivity contribution in [3.63, 3.8) is 0 Å². The van der Waals surface area contributed by atoms with E-state index in [4.69, 9.17) is 9.47 Å². The van der Waals surface area contributed by atoms with Gasteiger partial charge in [0, 0.05) is 18.7 Å². The van der Waals surface area contributed by atoms with Gasteiger partial charge in [-0.3, -0.25) is 14.5 Å². The lowest BCUT2D eigenvalue weighted by atomic mass is 10.1. The average Bonchev–Trinajstić information content (AvgIpc) is 3.10. The summed E-state index contributed by atoms with van der Waals surface area (Å²) in [7, 11) is 3.13. The highest BCUT2D eigenvalue weighted by atomic mass is 16.5. The fraction of sp³-hybridized carbons (Fsp3) is 0.300. The quantitative estimate of drug-likeness (QED) is 0.800. The van der Waals surface area contributed by atoms with Crippen molar-refractivity contribution in [1.82, 2.24) is 4.90 Å². The second kappa shape index (κ2) is 7.91. The van der Waals surface area contributed by atoms with Crippen molar-refractivity contribution in [1.29, 1.82) is 0 Å². The predicted molar refractivity (Wildman–Crippen MR) is 98.6 cm³/mol. The van der Waals surface area contributed by atoms with Gasteiger partial charge in [-0.05, 0) is 42.8 Å². The molecule has 0 spiro atoms. The molecular formula is C20H22N2O4. The Morgan fingerprint density at radius 3 is 2.42 bits per heavy atom. The summed E-state index contributed by atoms with van der Waals surface area (Å²) in [5.74, 6) is 1.06. The molecule has 0 radical (unpaired) electrons. The van der Waals surface area contributed by atoms with Crippen LogP contribution < -0.4 is 14.4 Å². The number of benzene rings is 2. The topological polar surface area (TPSA) is 59.1 Å². The second-order valence-corrected chi connectivity index (χ2v) is 6.03. The minimum absolute atomic E-state index is 0.0661. The molecule has 0 unspecified atom stereocenters. The molecule has 6 heteroatoms. The van der Waals surface area contributed by atoms with Gasteiger partial charge in [0.05, 0.1) is 19.8 Å². The molecular weight excluding hydrogens is 332 g/mol. The minimum atomic E-state index is -0.215. The Balaban J connectivity index is 1.95. The standard InChI is InChI=1S/C20H22N2O4/c1-25-16-11-9-15(10-12-16)22(14-21-13-5-8-19(21)23)20(24)17-6-3-4-7-18(17)26-2/h3-4,6-7,9-12H,5,8,13-14H2,1-2H3. The molecule has 3 rings (SSSR count). The van der Waals surface area contributed by atoms with Gasteiger partial charge in [0.2, 0.25) is 5.91 Å². The van der Waals surface area contributed by atoms with Crippen LogP contribution in [0.2, 0.25) is 0 Å². The maximum Gasteiger partial charge on any atom is 0.263 e. The zero-order valence-corrected chi connectivity index (χ0v) is 15.0. The van der Waals surface area contributed by atoms with Gasteiger partial charge in [-0.1, -0.05) is 12.1 Å². The summed E-state index contributed by atoms with van der Waals surface area (Å²) in [4.78, 5) is 28.6. The van der Waals surface area contributed by atoms with E-state index in [0.29, 0.717) is 35.7 Å². The van der Waals surface area contributed by atoms with Crippen molar-refractivity contribution in [2.24, 2.45) is 0 Å². The van der Waals surface area contributed by atoms with Crippen LogP contribution >= 0.6 is 0 Å². The fourth-order valence-corrected chi connectivity index (χ4v) is 3.02. The van der Waals surface area contributed by atoms with Crippen LogP contribution in [-0.2, 0) is 4.79 Å². The molecule has 0 aliphatic carbocycles. The van der Waals surface area contributed by atoms with Gasteiger partial charge < -0.3 is 14.4 Å². The first-order valence-corrected chi connectivity index (χ1v) is 8.50. The Labute approximate surface area is 152 Å². The molecule has 1 fully saturated rings. The van der Waals surface area contributed by atoms with E-state index < -0.39 is 0 Å². The smallest absolute Gasteiger partial charge is 0.263 e. The Bertz CT molecular complexity index is 789. The molecule has 136 valence electrons. The summed E-state index contributed by atoms with van der Waals surface area (Å²) in [5.41, 5.74) is 1.15. The first-order chi connectivity index (χ1) is 12.6. The molecule has 1 saturated heterocycles. The lowest BCUT2D eigenvalue weighted by Gasteiger charge is -2.28. The number of nitrogens with zero attached hydrogens (tertiary/aromatic N) is 2. The molecule has 0 saturated carbocycles. The maximum atomic E-state index is 13.3. The number of likely N-dealkylation sites (tertiary alicyclic amines) is 1. The summed E-state index contributed by atoms with van der Waals surface area (Å²) < 4.78 is 10.5. The van der Waals surface area contributed by atoms with E-state index >= 15 is 0 Å². The number of anilines is 1. The van der Waals surface area contributed by atoms with Gasteiger partial charge >= 0.3 is 0 Å². The van der Waals surface area contributed by atoms with Crippen LogP contribution in [0, 0.1) is 0 Å². The third kappa shape index (κ3) is 3.64. The van der Waals surface area contributed by atoms with E-state index in [1.807, 2.05) is 18.2 Å². The van der Waals surface area contributed by atoms with Crippen LogP contribution in [0.5, 0.6) is 11.5 Å². The van der Waals surface area contributed by atoms with Gasteiger partial charge in [-0.25, -0.2) is 0 Å². The number of ether oxygens (including phenoxy) is 2. The molecule has 2 amide bonds. The number of hydrogen-bond donors (Lipinski definition) is 0. The second-order valence-electron chi connectivity index (χ2n) is 6.03. The van der Waals surface area contributed by atoms with Crippen molar-refractivity contribution >= 4 is 17.5 Å². The third-order valence-electron chi connectivity index (χ3n) is 4.45. The lowest BCUT2D eigenvalue weighted by Crippen LogP contribution is -2.42. The number of amides is 2. The van der Waals surface area contributed by atoms with Crippen molar-refractivity contribution in [3.8, 4) is 11.5 Å². The predicted octanol–water partition coefficient (Wildman–Crippen LogP) is 2.93. The average molecular weight is 354 g/mol. The fourth-order valence-electron chi connectivity index (χ4n) is 3.02. The molecule has 6 nitrogen and oxygen atoms in total. The number of rotatable bonds is 6. The number of hydrogen-bond acceptors (Lipinski definition) is 4. The molecule has 2 aromatic rings. The summed E-state index contributed by atoms with van der Waals surface area (Å²) in [6.07, 6.45) is 1.34. The highest BCUT2D eigenvalue weighted by Crippen LogP contribution is 2.26. The monoisotopic (exact) mass is 354 g/mol. The molecule has 0 aromatic heterocycles. The van der Waals surface area contributed by atoms with Gasteiger partial charge in [0.1, 0.15) is 18.2 Å². The summed E-state index contributed by atoms with van der Waals surface area (Å²) in [6.45, 7) is 0.868. The Morgan fingerprint density at radius 1 is 1.08 bits per heavy atom. The van der Waals surface area contributed by atoms with Crippen LogP contribution in [0.1, 0.15) is 23.2 Å². The van der Waals surface area contributed by atoms with Crippen LogP contribution in [0.3, 0.4) is 0 Å². The Hall–Kier alpha value is -3.02. The van der Waals surface area contributed by atoms with E-state index in [2.05, 4.69) is 0 Å². The normalized spacial score (nSPS) is 13.6. The van der Waals surface area contributed by atoms with E-state index in [0.717, 1.165) is 6.42 Å². The number of carbonyl (C=O) groups is 2. The highest BCUT2D eigenvalue weighted by Gasteiger charge is 2.27. The van der Waals surface area contributed by atoms with Gasteiger partial charge in [-0.2, -0.15) is 0 Å². The highest BCUT2D eigenvalue weighted by molar-refractivity contribution is 6.08. The SMILES string of the molecule is COc1ccc(N(CN2CCCC2=O)C(=O)c2ccccc2OC)cc1. The van der Waals surface area contributed by atoms with Crippen LogP contribution in [0.15, 0.2) is 48.5 Å². The Kier molecular flexibility index (Phi) is 5.41.